The molecule has 2 saturated heterocycles. The van der Waals surface area contributed by atoms with Crippen molar-refractivity contribution in [3.8, 4) is 5.75 Å². The number of nitrogens with zero attached hydrogens (tertiary/aromatic N) is 3. The topological polar surface area (TPSA) is 58.8 Å². The fraction of sp³-hybridized carbons (Fsp3) is 0.667. The summed E-state index contributed by atoms with van der Waals surface area (Å²) in [4.78, 5) is 16.2. The molecule has 1 aromatic rings. The molecule has 0 aromatic heterocycles. The van der Waals surface area contributed by atoms with E-state index in [4.69, 9.17) is 4.74 Å². The molecule has 2 atom stereocenters. The van der Waals surface area contributed by atoms with Gasteiger partial charge in [0.1, 0.15) is 5.69 Å². The van der Waals surface area contributed by atoms with Crippen LogP contribution in [0.5, 0.6) is 5.75 Å². The number of ether oxygens (including phenoxy) is 1. The summed E-state index contributed by atoms with van der Waals surface area (Å²) in [5, 5.41) is 11.7. The molecule has 0 saturated carbocycles. The predicted molar refractivity (Wildman–Crippen MR) is 94.9 cm³/mol. The largest absolute Gasteiger partial charge is 0.487 e. The molecule has 0 N–H and O–H groups in total. The highest BCUT2D eigenvalue weighted by atomic mass is 16.6. The van der Waals surface area contributed by atoms with Crippen molar-refractivity contribution in [3.05, 3.63) is 28.3 Å². The molecule has 2 unspecified atom stereocenters. The van der Waals surface area contributed by atoms with E-state index in [-0.39, 0.29) is 10.6 Å². The van der Waals surface area contributed by atoms with Crippen LogP contribution in [0.25, 0.3) is 0 Å². The van der Waals surface area contributed by atoms with Crippen LogP contribution < -0.4 is 9.64 Å². The lowest BCUT2D eigenvalue weighted by molar-refractivity contribution is -0.385. The second-order valence-corrected chi connectivity index (χ2v) is 6.97. The maximum absolute atomic E-state index is 11.7. The Kier molecular flexibility index (Phi) is 4.94. The van der Waals surface area contributed by atoms with Crippen LogP contribution >= 0.6 is 0 Å². The SMILES string of the molecule is CCOc1cccc(N2CCC3CCC(C2)N3C(C)C)c1[N+](=O)[O-]. The van der Waals surface area contributed by atoms with Crippen LogP contribution in [-0.2, 0) is 0 Å². The molecule has 6 nitrogen and oxygen atoms in total. The molecular formula is C18H27N3O3. The quantitative estimate of drug-likeness (QED) is 0.610. The van der Waals surface area contributed by atoms with Crippen LogP contribution in [0.15, 0.2) is 18.2 Å². The van der Waals surface area contributed by atoms with Gasteiger partial charge in [-0.1, -0.05) is 6.07 Å². The zero-order valence-electron chi connectivity index (χ0n) is 14.8. The highest BCUT2D eigenvalue weighted by molar-refractivity contribution is 5.70. The average Bonchev–Trinajstić information content (AvgIpc) is 2.82. The van der Waals surface area contributed by atoms with Crippen LogP contribution in [0.2, 0.25) is 0 Å². The third-order valence-electron chi connectivity index (χ3n) is 5.24. The molecular weight excluding hydrogens is 306 g/mol. The Balaban J connectivity index is 1.92. The summed E-state index contributed by atoms with van der Waals surface area (Å²) in [6.45, 7) is 8.49. The van der Waals surface area contributed by atoms with E-state index in [9.17, 15) is 10.1 Å². The van der Waals surface area contributed by atoms with Crippen molar-refractivity contribution in [2.75, 3.05) is 24.6 Å². The summed E-state index contributed by atoms with van der Waals surface area (Å²) in [5.74, 6) is 0.370. The molecule has 0 amide bonds. The fourth-order valence-electron chi connectivity index (χ4n) is 4.39. The maximum atomic E-state index is 11.7. The smallest absolute Gasteiger partial charge is 0.333 e. The zero-order chi connectivity index (χ0) is 17.3. The first-order valence-corrected chi connectivity index (χ1v) is 8.95. The van der Waals surface area contributed by atoms with Crippen molar-refractivity contribution in [1.82, 2.24) is 4.90 Å². The Morgan fingerprint density at radius 3 is 2.71 bits per heavy atom. The third kappa shape index (κ3) is 3.07. The van der Waals surface area contributed by atoms with Crippen LogP contribution in [0.4, 0.5) is 11.4 Å². The highest BCUT2D eigenvalue weighted by Gasteiger charge is 2.39. The van der Waals surface area contributed by atoms with E-state index in [1.165, 1.54) is 12.8 Å². The minimum Gasteiger partial charge on any atom is -0.487 e. The number of nitro benzene ring substituents is 1. The first kappa shape index (κ1) is 17.0. The van der Waals surface area contributed by atoms with Gasteiger partial charge >= 0.3 is 5.69 Å². The Morgan fingerprint density at radius 2 is 2.04 bits per heavy atom. The summed E-state index contributed by atoms with van der Waals surface area (Å²) >= 11 is 0. The lowest BCUT2D eigenvalue weighted by atomic mass is 10.1. The van der Waals surface area contributed by atoms with E-state index >= 15 is 0 Å². The Labute approximate surface area is 143 Å². The summed E-state index contributed by atoms with van der Waals surface area (Å²) < 4.78 is 5.50. The Morgan fingerprint density at radius 1 is 1.29 bits per heavy atom. The van der Waals surface area contributed by atoms with Gasteiger partial charge < -0.3 is 9.64 Å². The summed E-state index contributed by atoms with van der Waals surface area (Å²) in [5.41, 5.74) is 0.801. The van der Waals surface area contributed by atoms with Gasteiger partial charge in [-0.25, -0.2) is 0 Å². The van der Waals surface area contributed by atoms with Crippen molar-refractivity contribution >= 4 is 11.4 Å². The highest BCUT2D eigenvalue weighted by Crippen LogP contribution is 2.40. The Hall–Kier alpha value is -1.82. The molecule has 2 aliphatic heterocycles. The van der Waals surface area contributed by atoms with E-state index in [1.807, 2.05) is 19.1 Å². The number of anilines is 1. The maximum Gasteiger partial charge on any atom is 0.333 e. The van der Waals surface area contributed by atoms with Gasteiger partial charge in [0.15, 0.2) is 5.75 Å². The van der Waals surface area contributed by atoms with Gasteiger partial charge in [-0.05, 0) is 52.2 Å². The summed E-state index contributed by atoms with van der Waals surface area (Å²) in [6, 6.07) is 7.01. The van der Waals surface area contributed by atoms with Gasteiger partial charge in [0.05, 0.1) is 11.5 Å². The molecule has 0 aliphatic carbocycles. The van der Waals surface area contributed by atoms with Crippen LogP contribution in [0.1, 0.15) is 40.0 Å². The molecule has 2 heterocycles. The van der Waals surface area contributed by atoms with Gasteiger partial charge in [0, 0.05) is 31.2 Å². The van der Waals surface area contributed by atoms with Crippen LogP contribution in [0.3, 0.4) is 0 Å². The van der Waals surface area contributed by atoms with E-state index < -0.39 is 0 Å². The number of hydrogen-bond donors (Lipinski definition) is 0. The number of fused-ring (bicyclic) bond motifs is 2. The standard InChI is InChI=1S/C18H27N3O3/c1-4-24-17-7-5-6-16(18(17)21(22)23)19-11-10-14-8-9-15(12-19)20(14)13(2)3/h5-7,13-15H,4,8-12H2,1-3H3. The van der Waals surface area contributed by atoms with Gasteiger partial charge in [-0.2, -0.15) is 0 Å². The van der Waals surface area contributed by atoms with Crippen molar-refractivity contribution in [2.24, 2.45) is 0 Å². The zero-order valence-corrected chi connectivity index (χ0v) is 14.8. The van der Waals surface area contributed by atoms with Crippen LogP contribution in [-0.4, -0.2) is 47.6 Å². The molecule has 3 rings (SSSR count). The second-order valence-electron chi connectivity index (χ2n) is 6.97. The minimum absolute atomic E-state index is 0.105. The van der Waals surface area contributed by atoms with E-state index in [0.29, 0.717) is 36.2 Å². The van der Waals surface area contributed by atoms with E-state index in [0.717, 1.165) is 19.5 Å². The first-order valence-electron chi connectivity index (χ1n) is 8.95. The van der Waals surface area contributed by atoms with Gasteiger partial charge in [-0.15, -0.1) is 0 Å². The van der Waals surface area contributed by atoms with Crippen molar-refractivity contribution in [3.63, 3.8) is 0 Å². The van der Waals surface area contributed by atoms with Crippen LogP contribution in [0, 0.1) is 10.1 Å². The minimum atomic E-state index is -0.302. The molecule has 24 heavy (non-hydrogen) atoms. The van der Waals surface area contributed by atoms with Gasteiger partial charge in [0.25, 0.3) is 0 Å². The van der Waals surface area contributed by atoms with E-state index in [2.05, 4.69) is 23.6 Å². The average molecular weight is 333 g/mol. The van der Waals surface area contributed by atoms with Gasteiger partial charge in [0.2, 0.25) is 0 Å². The predicted octanol–water partition coefficient (Wildman–Crippen LogP) is 3.45. The van der Waals surface area contributed by atoms with Crippen molar-refractivity contribution < 1.29 is 9.66 Å². The molecule has 0 spiro atoms. The van der Waals surface area contributed by atoms with Gasteiger partial charge in [-0.3, -0.25) is 15.0 Å². The lowest BCUT2D eigenvalue weighted by Gasteiger charge is -2.32. The number of hydrogen-bond acceptors (Lipinski definition) is 5. The summed E-state index contributed by atoms with van der Waals surface area (Å²) in [7, 11) is 0. The number of rotatable bonds is 5. The third-order valence-corrected chi connectivity index (χ3v) is 5.24. The molecule has 6 heteroatoms. The van der Waals surface area contributed by atoms with Crippen molar-refractivity contribution in [1.29, 1.82) is 0 Å². The molecule has 1 aromatic carbocycles. The molecule has 0 radical (unpaired) electrons. The first-order chi connectivity index (χ1) is 11.5. The number of para-hydroxylation sites is 1. The molecule has 2 bridgehead atoms. The number of nitro groups is 1. The molecule has 132 valence electrons. The normalized spacial score (nSPS) is 24.2. The monoisotopic (exact) mass is 333 g/mol. The summed E-state index contributed by atoms with van der Waals surface area (Å²) in [6.07, 6.45) is 3.49. The number of benzene rings is 1. The Bertz CT molecular complexity index is 605. The second kappa shape index (κ2) is 6.97. The van der Waals surface area contributed by atoms with Crippen molar-refractivity contribution in [2.45, 2.75) is 58.2 Å². The lowest BCUT2D eigenvalue weighted by Crippen LogP contribution is -2.43. The fourth-order valence-corrected chi connectivity index (χ4v) is 4.39. The molecule has 2 aliphatic rings. The molecule has 2 fully saturated rings. The van der Waals surface area contributed by atoms with E-state index in [1.54, 1.807) is 6.07 Å².